The molecule has 0 bridgehead atoms. The zero-order valence-corrected chi connectivity index (χ0v) is 11.4. The number of nitrogens with one attached hydrogen (secondary N) is 2. The van der Waals surface area contributed by atoms with Gasteiger partial charge in [-0.25, -0.2) is 0 Å². The van der Waals surface area contributed by atoms with Crippen LogP contribution in [0.2, 0.25) is 0 Å². The molecule has 4 heteroatoms. The van der Waals surface area contributed by atoms with E-state index in [-0.39, 0.29) is 29.9 Å². The largest absolute Gasteiger partial charge is 0.396 e. The minimum atomic E-state index is -0.274. The first kappa shape index (κ1) is 14.5. The molecule has 17 heavy (non-hydrogen) atoms. The van der Waals surface area contributed by atoms with Crippen molar-refractivity contribution in [1.29, 1.82) is 0 Å². The van der Waals surface area contributed by atoms with Crippen LogP contribution < -0.4 is 10.6 Å². The maximum atomic E-state index is 12.4. The van der Waals surface area contributed by atoms with E-state index in [0.717, 1.165) is 19.5 Å². The first-order valence-electron chi connectivity index (χ1n) is 6.56. The van der Waals surface area contributed by atoms with Crippen molar-refractivity contribution >= 4 is 5.91 Å². The third-order valence-electron chi connectivity index (χ3n) is 4.25. The van der Waals surface area contributed by atoms with E-state index in [1.54, 1.807) is 0 Å². The van der Waals surface area contributed by atoms with Gasteiger partial charge in [0.15, 0.2) is 0 Å². The minimum absolute atomic E-state index is 0.0173. The Hall–Kier alpha value is -0.610. The van der Waals surface area contributed by atoms with Crippen LogP contribution in [0.25, 0.3) is 0 Å². The Morgan fingerprint density at radius 3 is 2.47 bits per heavy atom. The molecule has 1 heterocycles. The Morgan fingerprint density at radius 1 is 1.41 bits per heavy atom. The van der Waals surface area contributed by atoms with Crippen molar-refractivity contribution in [3.63, 3.8) is 0 Å². The van der Waals surface area contributed by atoms with Crippen LogP contribution in [-0.2, 0) is 4.79 Å². The SMILES string of the molecule is CC(CO)C(C)NC(=O)C1(C(C)C)CCNC1. The van der Waals surface area contributed by atoms with Gasteiger partial charge in [-0.3, -0.25) is 4.79 Å². The molecule has 3 unspecified atom stereocenters. The second kappa shape index (κ2) is 5.83. The average Bonchev–Trinajstić information content (AvgIpc) is 2.77. The maximum absolute atomic E-state index is 12.4. The van der Waals surface area contributed by atoms with Crippen LogP contribution in [0.4, 0.5) is 0 Å². The Morgan fingerprint density at radius 2 is 2.06 bits per heavy atom. The summed E-state index contributed by atoms with van der Waals surface area (Å²) in [5, 5.41) is 15.4. The monoisotopic (exact) mass is 242 g/mol. The molecule has 0 spiro atoms. The van der Waals surface area contributed by atoms with Gasteiger partial charge >= 0.3 is 0 Å². The van der Waals surface area contributed by atoms with Crippen molar-refractivity contribution in [1.82, 2.24) is 10.6 Å². The second-order valence-electron chi connectivity index (χ2n) is 5.66. The van der Waals surface area contributed by atoms with Crippen molar-refractivity contribution in [3.8, 4) is 0 Å². The topological polar surface area (TPSA) is 61.4 Å². The van der Waals surface area contributed by atoms with E-state index >= 15 is 0 Å². The predicted octanol–water partition coefficient (Wildman–Crippen LogP) is 0.755. The summed E-state index contributed by atoms with van der Waals surface area (Å²) in [5.74, 6) is 0.553. The third-order valence-corrected chi connectivity index (χ3v) is 4.25. The number of carbonyl (C=O) groups is 1. The lowest BCUT2D eigenvalue weighted by Gasteiger charge is -2.33. The highest BCUT2D eigenvalue weighted by atomic mass is 16.3. The Bertz CT molecular complexity index is 260. The minimum Gasteiger partial charge on any atom is -0.396 e. The van der Waals surface area contributed by atoms with Crippen molar-refractivity contribution in [2.24, 2.45) is 17.3 Å². The van der Waals surface area contributed by atoms with Crippen LogP contribution in [0.5, 0.6) is 0 Å². The van der Waals surface area contributed by atoms with E-state index < -0.39 is 0 Å². The van der Waals surface area contributed by atoms with Gasteiger partial charge in [-0.05, 0) is 31.7 Å². The molecule has 3 atom stereocenters. The summed E-state index contributed by atoms with van der Waals surface area (Å²) >= 11 is 0. The predicted molar refractivity (Wildman–Crippen MR) is 68.6 cm³/mol. The molecule has 0 aliphatic carbocycles. The van der Waals surface area contributed by atoms with E-state index in [1.807, 2.05) is 13.8 Å². The van der Waals surface area contributed by atoms with E-state index in [1.165, 1.54) is 0 Å². The van der Waals surface area contributed by atoms with Crippen molar-refractivity contribution in [3.05, 3.63) is 0 Å². The van der Waals surface area contributed by atoms with Crippen LogP contribution in [0.1, 0.15) is 34.1 Å². The quantitative estimate of drug-likeness (QED) is 0.667. The van der Waals surface area contributed by atoms with Crippen LogP contribution in [0.15, 0.2) is 0 Å². The molecule has 1 aliphatic heterocycles. The number of rotatable bonds is 5. The van der Waals surface area contributed by atoms with E-state index in [2.05, 4.69) is 24.5 Å². The summed E-state index contributed by atoms with van der Waals surface area (Å²) in [5.41, 5.74) is -0.274. The zero-order valence-electron chi connectivity index (χ0n) is 11.4. The Balaban J connectivity index is 2.67. The van der Waals surface area contributed by atoms with Crippen LogP contribution in [0, 0.1) is 17.3 Å². The number of amides is 1. The van der Waals surface area contributed by atoms with Crippen LogP contribution >= 0.6 is 0 Å². The molecule has 0 aromatic heterocycles. The highest BCUT2D eigenvalue weighted by Gasteiger charge is 2.44. The third kappa shape index (κ3) is 2.99. The molecule has 0 aromatic rings. The molecule has 4 nitrogen and oxygen atoms in total. The molecular formula is C13H26N2O2. The summed E-state index contributed by atoms with van der Waals surface area (Å²) in [7, 11) is 0. The van der Waals surface area contributed by atoms with Gasteiger partial charge in [0, 0.05) is 19.2 Å². The summed E-state index contributed by atoms with van der Waals surface area (Å²) in [6.07, 6.45) is 0.900. The lowest BCUT2D eigenvalue weighted by molar-refractivity contribution is -0.133. The van der Waals surface area contributed by atoms with Gasteiger partial charge in [0.05, 0.1) is 5.41 Å². The van der Waals surface area contributed by atoms with Gasteiger partial charge in [0.1, 0.15) is 0 Å². The fourth-order valence-electron chi connectivity index (χ4n) is 2.31. The van der Waals surface area contributed by atoms with Crippen LogP contribution in [-0.4, -0.2) is 36.8 Å². The number of carbonyl (C=O) groups excluding carboxylic acids is 1. The molecule has 3 N–H and O–H groups in total. The Labute approximate surface area is 104 Å². The molecular weight excluding hydrogens is 216 g/mol. The van der Waals surface area contributed by atoms with Crippen LogP contribution in [0.3, 0.4) is 0 Å². The van der Waals surface area contributed by atoms with E-state index in [4.69, 9.17) is 5.11 Å². The number of hydrogen-bond donors (Lipinski definition) is 3. The van der Waals surface area contributed by atoms with Crippen molar-refractivity contribution in [2.75, 3.05) is 19.7 Å². The summed E-state index contributed by atoms with van der Waals surface area (Å²) in [4.78, 5) is 12.4. The first-order valence-corrected chi connectivity index (χ1v) is 6.56. The maximum Gasteiger partial charge on any atom is 0.228 e. The van der Waals surface area contributed by atoms with E-state index in [9.17, 15) is 4.79 Å². The summed E-state index contributed by atoms with van der Waals surface area (Å²) in [6.45, 7) is 9.88. The fourth-order valence-corrected chi connectivity index (χ4v) is 2.31. The van der Waals surface area contributed by atoms with Gasteiger partial charge in [0.25, 0.3) is 0 Å². The standard InChI is InChI=1S/C13H26N2O2/c1-9(2)13(5-6-14-8-13)12(17)15-11(4)10(3)7-16/h9-11,14,16H,5-8H2,1-4H3,(H,15,17). The number of hydrogen-bond acceptors (Lipinski definition) is 3. The number of aliphatic hydroxyl groups is 1. The zero-order chi connectivity index (χ0) is 13.1. The highest BCUT2D eigenvalue weighted by Crippen LogP contribution is 2.34. The molecule has 1 rings (SSSR count). The molecule has 1 amide bonds. The lowest BCUT2D eigenvalue weighted by atomic mass is 9.75. The normalized spacial score (nSPS) is 28.1. The average molecular weight is 242 g/mol. The highest BCUT2D eigenvalue weighted by molar-refractivity contribution is 5.83. The number of aliphatic hydroxyl groups excluding tert-OH is 1. The molecule has 1 aliphatic rings. The first-order chi connectivity index (χ1) is 7.94. The fraction of sp³-hybridized carbons (Fsp3) is 0.923. The molecule has 0 aromatic carbocycles. The van der Waals surface area contributed by atoms with Gasteiger partial charge in [0.2, 0.25) is 5.91 Å². The molecule has 0 radical (unpaired) electrons. The van der Waals surface area contributed by atoms with Gasteiger partial charge in [-0.2, -0.15) is 0 Å². The van der Waals surface area contributed by atoms with Crippen molar-refractivity contribution < 1.29 is 9.90 Å². The van der Waals surface area contributed by atoms with Gasteiger partial charge in [-0.15, -0.1) is 0 Å². The van der Waals surface area contributed by atoms with Gasteiger partial charge in [-0.1, -0.05) is 20.8 Å². The second-order valence-corrected chi connectivity index (χ2v) is 5.66. The molecule has 1 saturated heterocycles. The molecule has 100 valence electrons. The van der Waals surface area contributed by atoms with Crippen molar-refractivity contribution in [2.45, 2.75) is 40.2 Å². The summed E-state index contributed by atoms with van der Waals surface area (Å²) in [6, 6.07) is 0.0173. The Kier molecular flexibility index (Phi) is 4.95. The molecule has 1 fully saturated rings. The summed E-state index contributed by atoms with van der Waals surface area (Å²) < 4.78 is 0. The smallest absolute Gasteiger partial charge is 0.228 e. The molecule has 0 saturated carbocycles. The lowest BCUT2D eigenvalue weighted by Crippen LogP contribution is -2.50. The van der Waals surface area contributed by atoms with E-state index in [0.29, 0.717) is 5.92 Å². The van der Waals surface area contributed by atoms with Gasteiger partial charge < -0.3 is 15.7 Å².